The number of rotatable bonds is 10. The van der Waals surface area contributed by atoms with E-state index in [1.54, 1.807) is 31.1 Å². The molecule has 8 heteroatoms. The van der Waals surface area contributed by atoms with E-state index in [0.29, 0.717) is 24.0 Å². The Kier molecular flexibility index (Phi) is 6.87. The number of nitrogens with zero attached hydrogens (tertiary/aromatic N) is 3. The standard InChI is InChI=1S/C24H32N6O2/c1-30(2)23(32)18-9-11-19(12-10-18)28-24-27-15-20(16-7-8-16)21(29-24)25-13-4-14-26-22(31)17-5-3-6-17/h9-12,15-17H,3-8,13-14H2,1-2H3,(H,26,31)(H2,25,27,28,29). The molecule has 0 bridgehead atoms. The van der Waals surface area contributed by atoms with Gasteiger partial charge in [-0.15, -0.1) is 0 Å². The molecule has 0 unspecified atom stereocenters. The molecule has 0 aliphatic heterocycles. The second-order valence-corrected chi connectivity index (χ2v) is 8.87. The van der Waals surface area contributed by atoms with Crippen LogP contribution in [-0.2, 0) is 4.79 Å². The number of amides is 2. The SMILES string of the molecule is CN(C)C(=O)c1ccc(Nc2ncc(C3CC3)c(NCCCNC(=O)C3CCC3)n2)cc1. The van der Waals surface area contributed by atoms with E-state index < -0.39 is 0 Å². The molecule has 8 nitrogen and oxygen atoms in total. The van der Waals surface area contributed by atoms with Crippen molar-refractivity contribution in [3.05, 3.63) is 41.6 Å². The van der Waals surface area contributed by atoms with Crippen LogP contribution in [0.3, 0.4) is 0 Å². The summed E-state index contributed by atoms with van der Waals surface area (Å²) in [6, 6.07) is 7.29. The zero-order valence-corrected chi connectivity index (χ0v) is 18.9. The van der Waals surface area contributed by atoms with Gasteiger partial charge in [0.05, 0.1) is 0 Å². The van der Waals surface area contributed by atoms with Gasteiger partial charge in [-0.2, -0.15) is 4.98 Å². The molecule has 32 heavy (non-hydrogen) atoms. The van der Waals surface area contributed by atoms with Crippen molar-refractivity contribution in [2.24, 2.45) is 5.92 Å². The number of hydrogen-bond acceptors (Lipinski definition) is 6. The molecule has 2 aromatic rings. The van der Waals surface area contributed by atoms with Gasteiger partial charge >= 0.3 is 0 Å². The Morgan fingerprint density at radius 3 is 2.44 bits per heavy atom. The van der Waals surface area contributed by atoms with E-state index in [1.807, 2.05) is 18.3 Å². The fourth-order valence-electron chi connectivity index (χ4n) is 3.69. The Hall–Kier alpha value is -3.16. The van der Waals surface area contributed by atoms with Crippen LogP contribution in [0.4, 0.5) is 17.5 Å². The van der Waals surface area contributed by atoms with Gasteiger partial charge < -0.3 is 20.9 Å². The smallest absolute Gasteiger partial charge is 0.253 e. The topological polar surface area (TPSA) is 99.3 Å². The van der Waals surface area contributed by atoms with Gasteiger partial charge in [0, 0.05) is 56.1 Å². The Bertz CT molecular complexity index is 951. The third kappa shape index (κ3) is 5.55. The molecule has 2 amide bonds. The van der Waals surface area contributed by atoms with Crippen LogP contribution >= 0.6 is 0 Å². The van der Waals surface area contributed by atoms with E-state index in [9.17, 15) is 9.59 Å². The number of benzene rings is 1. The predicted molar refractivity (Wildman–Crippen MR) is 125 cm³/mol. The zero-order chi connectivity index (χ0) is 22.5. The normalized spacial score (nSPS) is 15.6. The molecule has 2 saturated carbocycles. The van der Waals surface area contributed by atoms with Crippen LogP contribution in [0.15, 0.2) is 30.5 Å². The summed E-state index contributed by atoms with van der Waals surface area (Å²) in [7, 11) is 3.47. The van der Waals surface area contributed by atoms with Crippen LogP contribution in [-0.4, -0.2) is 53.9 Å². The molecule has 4 rings (SSSR count). The predicted octanol–water partition coefficient (Wildman–Crippen LogP) is 3.52. The lowest BCUT2D eigenvalue weighted by Gasteiger charge is -2.24. The van der Waals surface area contributed by atoms with Gasteiger partial charge in [0.15, 0.2) is 0 Å². The molecule has 1 aromatic heterocycles. The average molecular weight is 437 g/mol. The first-order chi connectivity index (χ1) is 15.5. The molecule has 2 aliphatic rings. The fourth-order valence-corrected chi connectivity index (χ4v) is 3.69. The van der Waals surface area contributed by atoms with Crippen molar-refractivity contribution in [2.75, 3.05) is 37.8 Å². The first-order valence-corrected chi connectivity index (χ1v) is 11.5. The average Bonchev–Trinajstić information content (AvgIpc) is 3.57. The highest BCUT2D eigenvalue weighted by Crippen LogP contribution is 2.42. The van der Waals surface area contributed by atoms with Crippen LogP contribution in [0.2, 0.25) is 0 Å². The Morgan fingerprint density at radius 2 is 1.81 bits per heavy atom. The minimum absolute atomic E-state index is 0.0306. The van der Waals surface area contributed by atoms with Crippen molar-refractivity contribution in [3.63, 3.8) is 0 Å². The Morgan fingerprint density at radius 1 is 1.06 bits per heavy atom. The second-order valence-electron chi connectivity index (χ2n) is 8.87. The van der Waals surface area contributed by atoms with E-state index in [0.717, 1.165) is 42.9 Å². The van der Waals surface area contributed by atoms with E-state index in [4.69, 9.17) is 4.98 Å². The number of nitrogens with one attached hydrogen (secondary N) is 3. The Labute approximate surface area is 189 Å². The molecule has 3 N–H and O–H groups in total. The highest BCUT2D eigenvalue weighted by Gasteiger charge is 2.28. The summed E-state index contributed by atoms with van der Waals surface area (Å²) >= 11 is 0. The highest BCUT2D eigenvalue weighted by molar-refractivity contribution is 5.94. The molecular weight excluding hydrogens is 404 g/mol. The van der Waals surface area contributed by atoms with Crippen LogP contribution in [0.25, 0.3) is 0 Å². The number of carbonyl (C=O) groups excluding carboxylic acids is 2. The van der Waals surface area contributed by atoms with Crippen molar-refractivity contribution in [3.8, 4) is 0 Å². The third-order valence-electron chi connectivity index (χ3n) is 6.05. The summed E-state index contributed by atoms with van der Waals surface area (Å²) in [5.74, 6) is 2.30. The summed E-state index contributed by atoms with van der Waals surface area (Å²) in [5.41, 5.74) is 2.61. The second kappa shape index (κ2) is 9.97. The zero-order valence-electron chi connectivity index (χ0n) is 18.9. The van der Waals surface area contributed by atoms with E-state index in [1.165, 1.54) is 19.3 Å². The summed E-state index contributed by atoms with van der Waals surface area (Å²) in [5, 5.41) is 9.69. The van der Waals surface area contributed by atoms with E-state index >= 15 is 0 Å². The maximum atomic E-state index is 12.1. The lowest BCUT2D eigenvalue weighted by Crippen LogP contribution is -2.35. The van der Waals surface area contributed by atoms with Gasteiger partial charge in [-0.25, -0.2) is 4.98 Å². The van der Waals surface area contributed by atoms with Gasteiger partial charge in [0.25, 0.3) is 5.91 Å². The summed E-state index contributed by atoms with van der Waals surface area (Å²) < 4.78 is 0. The number of aromatic nitrogens is 2. The monoisotopic (exact) mass is 436 g/mol. The molecule has 1 heterocycles. The van der Waals surface area contributed by atoms with Crippen LogP contribution in [0.1, 0.15) is 60.4 Å². The number of hydrogen-bond donors (Lipinski definition) is 3. The van der Waals surface area contributed by atoms with Crippen molar-refractivity contribution in [1.29, 1.82) is 0 Å². The maximum absolute atomic E-state index is 12.1. The fraction of sp³-hybridized carbons (Fsp3) is 0.500. The Balaban J connectivity index is 1.33. The van der Waals surface area contributed by atoms with E-state index in [-0.39, 0.29) is 17.7 Å². The van der Waals surface area contributed by atoms with Crippen molar-refractivity contribution in [1.82, 2.24) is 20.2 Å². The first kappa shape index (κ1) is 22.0. The third-order valence-corrected chi connectivity index (χ3v) is 6.05. The largest absolute Gasteiger partial charge is 0.370 e. The summed E-state index contributed by atoms with van der Waals surface area (Å²) in [6.45, 7) is 1.41. The van der Waals surface area contributed by atoms with Crippen LogP contribution in [0, 0.1) is 5.92 Å². The quantitative estimate of drug-likeness (QED) is 0.493. The molecule has 0 saturated heterocycles. The van der Waals surface area contributed by atoms with Gasteiger partial charge in [-0.05, 0) is 62.3 Å². The maximum Gasteiger partial charge on any atom is 0.253 e. The minimum atomic E-state index is -0.0306. The summed E-state index contributed by atoms with van der Waals surface area (Å²) in [6.07, 6.45) is 8.31. The first-order valence-electron chi connectivity index (χ1n) is 11.5. The molecule has 170 valence electrons. The molecule has 2 aliphatic carbocycles. The van der Waals surface area contributed by atoms with Crippen molar-refractivity contribution < 1.29 is 9.59 Å². The van der Waals surface area contributed by atoms with Gasteiger partial charge in [0.2, 0.25) is 11.9 Å². The van der Waals surface area contributed by atoms with Crippen LogP contribution in [0.5, 0.6) is 0 Å². The lowest BCUT2D eigenvalue weighted by molar-refractivity contribution is -0.127. The molecule has 0 spiro atoms. The summed E-state index contributed by atoms with van der Waals surface area (Å²) in [4.78, 5) is 34.7. The van der Waals surface area contributed by atoms with Gasteiger partial charge in [0.1, 0.15) is 5.82 Å². The van der Waals surface area contributed by atoms with E-state index in [2.05, 4.69) is 20.9 Å². The van der Waals surface area contributed by atoms with Crippen molar-refractivity contribution in [2.45, 2.75) is 44.4 Å². The number of anilines is 3. The van der Waals surface area contributed by atoms with Crippen LogP contribution < -0.4 is 16.0 Å². The molecular formula is C24H32N6O2. The molecule has 1 aromatic carbocycles. The molecule has 2 fully saturated rings. The lowest BCUT2D eigenvalue weighted by atomic mass is 9.85. The molecule has 0 atom stereocenters. The van der Waals surface area contributed by atoms with Gasteiger partial charge in [-0.1, -0.05) is 6.42 Å². The number of carbonyl (C=O) groups is 2. The van der Waals surface area contributed by atoms with Crippen molar-refractivity contribution >= 4 is 29.3 Å². The highest BCUT2D eigenvalue weighted by atomic mass is 16.2. The minimum Gasteiger partial charge on any atom is -0.370 e. The van der Waals surface area contributed by atoms with Gasteiger partial charge in [-0.3, -0.25) is 9.59 Å². The molecule has 0 radical (unpaired) electrons.